The summed E-state index contributed by atoms with van der Waals surface area (Å²) in [5.74, 6) is 0.672. The van der Waals surface area contributed by atoms with Crippen molar-refractivity contribution in [3.63, 3.8) is 0 Å². The Morgan fingerprint density at radius 3 is 2.62 bits per heavy atom. The molecule has 0 saturated heterocycles. The van der Waals surface area contributed by atoms with E-state index in [4.69, 9.17) is 10.5 Å². The molecular weight excluding hydrogens is 188 g/mol. The molecule has 2 rings (SSSR count). The predicted molar refractivity (Wildman–Crippen MR) is 48.6 cm³/mol. The monoisotopic (exact) mass is 194 g/mol. The molecule has 0 aromatic carbocycles. The van der Waals surface area contributed by atoms with Crippen LogP contribution in [0, 0.1) is 0 Å². The van der Waals surface area contributed by atoms with Crippen molar-refractivity contribution in [2.75, 3.05) is 5.73 Å². The number of hydrogen-bond acceptors (Lipinski definition) is 6. The van der Waals surface area contributed by atoms with Gasteiger partial charge in [0.05, 0.1) is 0 Å². The lowest BCUT2D eigenvalue weighted by molar-refractivity contribution is 0.472. The Balaban J connectivity index is 2.15. The normalized spacial score (nSPS) is 9.85. The van der Waals surface area contributed by atoms with Gasteiger partial charge in [-0.05, 0) is 23.5 Å². The third-order valence-electron chi connectivity index (χ3n) is 1.28. The molecule has 13 heavy (non-hydrogen) atoms. The van der Waals surface area contributed by atoms with Crippen LogP contribution >= 0.6 is 11.3 Å². The van der Waals surface area contributed by atoms with Crippen LogP contribution in [0.4, 0.5) is 5.13 Å². The maximum Gasteiger partial charge on any atom is 0.301 e. The molecule has 0 spiro atoms. The molecule has 2 aromatic heterocycles. The van der Waals surface area contributed by atoms with E-state index < -0.39 is 0 Å². The van der Waals surface area contributed by atoms with Gasteiger partial charge in [-0.25, -0.2) is 0 Å². The zero-order chi connectivity index (χ0) is 9.10. The molecular formula is C7H6N4OS. The number of nitrogens with zero attached hydrogens (tertiary/aromatic N) is 3. The van der Waals surface area contributed by atoms with E-state index in [0.717, 1.165) is 0 Å². The van der Waals surface area contributed by atoms with Gasteiger partial charge in [0, 0.05) is 12.4 Å². The first kappa shape index (κ1) is 7.93. The van der Waals surface area contributed by atoms with Crippen LogP contribution in [0.1, 0.15) is 0 Å². The fraction of sp³-hybridized carbons (Fsp3) is 0. The van der Waals surface area contributed by atoms with Crippen LogP contribution in [0.3, 0.4) is 0 Å². The van der Waals surface area contributed by atoms with Crippen molar-refractivity contribution in [2.24, 2.45) is 0 Å². The largest absolute Gasteiger partial charge is 0.430 e. The summed E-state index contributed by atoms with van der Waals surface area (Å²) in [7, 11) is 0. The van der Waals surface area contributed by atoms with Gasteiger partial charge in [-0.15, -0.1) is 5.10 Å². The Kier molecular flexibility index (Phi) is 2.05. The topological polar surface area (TPSA) is 73.9 Å². The molecule has 0 unspecified atom stereocenters. The van der Waals surface area contributed by atoms with Gasteiger partial charge in [0.15, 0.2) is 0 Å². The molecule has 0 atom stereocenters. The van der Waals surface area contributed by atoms with E-state index in [1.54, 1.807) is 24.5 Å². The Labute approximate surface area is 78.2 Å². The Morgan fingerprint density at radius 2 is 2.00 bits per heavy atom. The van der Waals surface area contributed by atoms with Gasteiger partial charge < -0.3 is 10.5 Å². The first-order valence-corrected chi connectivity index (χ1v) is 4.33. The molecule has 0 aliphatic heterocycles. The van der Waals surface area contributed by atoms with Gasteiger partial charge in [-0.1, -0.05) is 5.10 Å². The zero-order valence-electron chi connectivity index (χ0n) is 6.54. The maximum absolute atomic E-state index is 5.38. The number of pyridine rings is 1. The van der Waals surface area contributed by atoms with Crippen LogP contribution < -0.4 is 10.5 Å². The first-order valence-electron chi connectivity index (χ1n) is 3.51. The minimum absolute atomic E-state index is 0.393. The molecule has 5 nitrogen and oxygen atoms in total. The summed E-state index contributed by atoms with van der Waals surface area (Å²) in [6.07, 6.45) is 3.28. The highest BCUT2D eigenvalue weighted by atomic mass is 32.1. The van der Waals surface area contributed by atoms with E-state index in [9.17, 15) is 0 Å². The van der Waals surface area contributed by atoms with Crippen molar-refractivity contribution >= 4 is 16.5 Å². The standard InChI is InChI=1S/C7H6N4OS/c8-6-10-11-7(13-6)12-5-1-3-9-4-2-5/h1-4H,(H2,8,10). The van der Waals surface area contributed by atoms with E-state index in [1.807, 2.05) is 0 Å². The number of ether oxygens (including phenoxy) is 1. The number of nitrogen functional groups attached to an aromatic ring is 1. The lowest BCUT2D eigenvalue weighted by atomic mass is 10.5. The number of nitrogens with two attached hydrogens (primary N) is 1. The van der Waals surface area contributed by atoms with Crippen LogP contribution in [0.5, 0.6) is 10.9 Å². The summed E-state index contributed by atoms with van der Waals surface area (Å²) in [6, 6.07) is 3.47. The van der Waals surface area contributed by atoms with Crippen LogP contribution in [-0.2, 0) is 0 Å². The fourth-order valence-corrected chi connectivity index (χ4v) is 1.25. The number of rotatable bonds is 2. The highest BCUT2D eigenvalue weighted by Crippen LogP contribution is 2.24. The van der Waals surface area contributed by atoms with E-state index in [2.05, 4.69) is 15.2 Å². The first-order chi connectivity index (χ1) is 6.34. The number of aromatic nitrogens is 3. The van der Waals surface area contributed by atoms with Crippen LogP contribution in [0.2, 0.25) is 0 Å². The summed E-state index contributed by atoms with van der Waals surface area (Å²) in [5.41, 5.74) is 5.38. The summed E-state index contributed by atoms with van der Waals surface area (Å²) < 4.78 is 5.32. The highest BCUT2D eigenvalue weighted by molar-refractivity contribution is 7.16. The Hall–Kier alpha value is -1.69. The Morgan fingerprint density at radius 1 is 1.23 bits per heavy atom. The average molecular weight is 194 g/mol. The molecule has 0 aliphatic carbocycles. The van der Waals surface area contributed by atoms with Crippen molar-refractivity contribution in [3.05, 3.63) is 24.5 Å². The number of hydrogen-bond donors (Lipinski definition) is 1. The smallest absolute Gasteiger partial charge is 0.301 e. The zero-order valence-corrected chi connectivity index (χ0v) is 7.36. The van der Waals surface area contributed by atoms with Gasteiger partial charge in [0.2, 0.25) is 5.13 Å². The van der Waals surface area contributed by atoms with Crippen molar-refractivity contribution in [1.29, 1.82) is 0 Å². The molecule has 0 fully saturated rings. The van der Waals surface area contributed by atoms with Gasteiger partial charge in [0.1, 0.15) is 5.75 Å². The lowest BCUT2D eigenvalue weighted by Crippen LogP contribution is -1.83. The molecule has 0 amide bonds. The van der Waals surface area contributed by atoms with Crippen LogP contribution in [-0.4, -0.2) is 15.2 Å². The molecule has 6 heteroatoms. The second-order valence-electron chi connectivity index (χ2n) is 2.19. The Bertz CT molecular complexity index is 388. The summed E-state index contributed by atoms with van der Waals surface area (Å²) >= 11 is 1.20. The van der Waals surface area contributed by atoms with E-state index >= 15 is 0 Å². The minimum Gasteiger partial charge on any atom is -0.430 e. The molecule has 66 valence electrons. The van der Waals surface area contributed by atoms with Crippen molar-refractivity contribution in [3.8, 4) is 10.9 Å². The second-order valence-corrected chi connectivity index (χ2v) is 3.16. The van der Waals surface area contributed by atoms with E-state index in [0.29, 0.717) is 16.1 Å². The maximum atomic E-state index is 5.38. The van der Waals surface area contributed by atoms with Crippen LogP contribution in [0.15, 0.2) is 24.5 Å². The minimum atomic E-state index is 0.393. The van der Waals surface area contributed by atoms with Gasteiger partial charge in [-0.2, -0.15) is 0 Å². The van der Waals surface area contributed by atoms with Crippen molar-refractivity contribution in [1.82, 2.24) is 15.2 Å². The fourth-order valence-electron chi connectivity index (χ4n) is 0.769. The van der Waals surface area contributed by atoms with Gasteiger partial charge in [0.25, 0.3) is 0 Å². The summed E-state index contributed by atoms with van der Waals surface area (Å²) in [6.45, 7) is 0. The molecule has 0 bridgehead atoms. The highest BCUT2D eigenvalue weighted by Gasteiger charge is 2.02. The van der Waals surface area contributed by atoms with E-state index in [1.165, 1.54) is 11.3 Å². The van der Waals surface area contributed by atoms with Crippen molar-refractivity contribution < 1.29 is 4.74 Å². The third kappa shape index (κ3) is 1.91. The van der Waals surface area contributed by atoms with Gasteiger partial charge in [-0.3, -0.25) is 4.98 Å². The summed E-state index contributed by atoms with van der Waals surface area (Å²) in [4.78, 5) is 3.85. The second kappa shape index (κ2) is 3.36. The lowest BCUT2D eigenvalue weighted by Gasteiger charge is -1.97. The van der Waals surface area contributed by atoms with E-state index in [-0.39, 0.29) is 0 Å². The molecule has 2 heterocycles. The predicted octanol–water partition coefficient (Wildman–Crippen LogP) is 1.31. The summed E-state index contributed by atoms with van der Waals surface area (Å²) in [5, 5.41) is 8.16. The average Bonchev–Trinajstić information content (AvgIpc) is 2.53. The van der Waals surface area contributed by atoms with Crippen LogP contribution in [0.25, 0.3) is 0 Å². The third-order valence-corrected chi connectivity index (χ3v) is 1.91. The van der Waals surface area contributed by atoms with Gasteiger partial charge >= 0.3 is 5.19 Å². The quantitative estimate of drug-likeness (QED) is 0.780. The molecule has 2 aromatic rings. The molecule has 0 radical (unpaired) electrons. The molecule has 0 saturated carbocycles. The molecule has 2 N–H and O–H groups in total. The SMILES string of the molecule is Nc1nnc(Oc2ccncc2)s1. The number of anilines is 1. The van der Waals surface area contributed by atoms with Crippen molar-refractivity contribution in [2.45, 2.75) is 0 Å². The molecule has 0 aliphatic rings.